The highest BCUT2D eigenvalue weighted by molar-refractivity contribution is 5.55. The van der Waals surface area contributed by atoms with Crippen LogP contribution in [0, 0.1) is 0 Å². The highest BCUT2D eigenvalue weighted by Crippen LogP contribution is 2.19. The van der Waals surface area contributed by atoms with Gasteiger partial charge in [0.1, 0.15) is 23.8 Å². The van der Waals surface area contributed by atoms with Crippen molar-refractivity contribution < 1.29 is 0 Å². The summed E-state index contributed by atoms with van der Waals surface area (Å²) in [5, 5.41) is 11.0. The minimum absolute atomic E-state index is 0.441. The molecule has 1 aliphatic heterocycles. The number of piperidine rings is 1. The first-order valence-electron chi connectivity index (χ1n) is 9.36. The van der Waals surface area contributed by atoms with E-state index >= 15 is 0 Å². The zero-order chi connectivity index (χ0) is 18.5. The number of likely N-dealkylation sites (tertiary alicyclic amines) is 1. The van der Waals surface area contributed by atoms with Crippen LogP contribution >= 0.6 is 0 Å². The Hall–Kier alpha value is -2.93. The molecule has 3 heterocycles. The van der Waals surface area contributed by atoms with E-state index < -0.39 is 0 Å². The molecule has 1 fully saturated rings. The highest BCUT2D eigenvalue weighted by atomic mass is 15.3. The van der Waals surface area contributed by atoms with Crippen LogP contribution in [0.2, 0.25) is 0 Å². The predicted molar refractivity (Wildman–Crippen MR) is 107 cm³/mol. The zero-order valence-corrected chi connectivity index (χ0v) is 15.5. The van der Waals surface area contributed by atoms with Crippen LogP contribution in [0.4, 0.5) is 17.5 Å². The maximum absolute atomic E-state index is 4.37. The van der Waals surface area contributed by atoms with Gasteiger partial charge in [-0.3, -0.25) is 9.58 Å². The zero-order valence-electron chi connectivity index (χ0n) is 15.5. The van der Waals surface area contributed by atoms with Crippen LogP contribution < -0.4 is 10.6 Å². The largest absolute Gasteiger partial charge is 0.367 e. The lowest BCUT2D eigenvalue weighted by Gasteiger charge is -2.32. The van der Waals surface area contributed by atoms with Crippen LogP contribution in [0.3, 0.4) is 0 Å². The van der Waals surface area contributed by atoms with E-state index in [0.29, 0.717) is 6.04 Å². The Morgan fingerprint density at radius 2 is 1.81 bits per heavy atom. The monoisotopic (exact) mass is 363 g/mol. The maximum Gasteiger partial charge on any atom is 0.137 e. The Kier molecular flexibility index (Phi) is 5.29. The summed E-state index contributed by atoms with van der Waals surface area (Å²) in [4.78, 5) is 11.2. The second-order valence-electron chi connectivity index (χ2n) is 6.93. The van der Waals surface area contributed by atoms with Gasteiger partial charge in [0.05, 0.1) is 6.20 Å². The standard InChI is InChI=1S/C20H25N7/c1-26-20(7-10-23-26)25-19-13-18(21-15-22-19)24-17-8-11-27(12-9-17)14-16-5-3-2-4-6-16/h2-7,10,13,15,17H,8-9,11-12,14H2,1H3,(H2,21,22,24,25). The molecule has 7 heteroatoms. The van der Waals surface area contributed by atoms with Gasteiger partial charge in [-0.15, -0.1) is 0 Å². The second kappa shape index (κ2) is 8.18. The van der Waals surface area contributed by atoms with E-state index in [1.54, 1.807) is 17.2 Å². The number of nitrogens with one attached hydrogen (secondary N) is 2. The molecule has 0 radical (unpaired) electrons. The SMILES string of the molecule is Cn1nccc1Nc1cc(NC2CCN(Cc3ccccc3)CC2)ncn1. The van der Waals surface area contributed by atoms with Crippen molar-refractivity contribution in [3.63, 3.8) is 0 Å². The average Bonchev–Trinajstić information content (AvgIpc) is 3.09. The molecule has 1 aliphatic rings. The fourth-order valence-corrected chi connectivity index (χ4v) is 3.42. The Morgan fingerprint density at radius 1 is 1.04 bits per heavy atom. The summed E-state index contributed by atoms with van der Waals surface area (Å²) in [6.45, 7) is 3.22. The van der Waals surface area contributed by atoms with Gasteiger partial charge in [-0.05, 0) is 18.4 Å². The van der Waals surface area contributed by atoms with Gasteiger partial charge in [0.2, 0.25) is 0 Å². The highest BCUT2D eigenvalue weighted by Gasteiger charge is 2.19. The summed E-state index contributed by atoms with van der Waals surface area (Å²) < 4.78 is 1.78. The lowest BCUT2D eigenvalue weighted by Crippen LogP contribution is -2.38. The van der Waals surface area contributed by atoms with Gasteiger partial charge in [0.25, 0.3) is 0 Å². The van der Waals surface area contributed by atoms with Crippen molar-refractivity contribution in [2.24, 2.45) is 7.05 Å². The van der Waals surface area contributed by atoms with Crippen LogP contribution in [-0.4, -0.2) is 43.8 Å². The lowest BCUT2D eigenvalue weighted by molar-refractivity contribution is 0.211. The number of anilines is 3. The van der Waals surface area contributed by atoms with Crippen LogP contribution in [0.5, 0.6) is 0 Å². The van der Waals surface area contributed by atoms with E-state index in [0.717, 1.165) is 49.9 Å². The van der Waals surface area contributed by atoms with Crippen LogP contribution in [0.25, 0.3) is 0 Å². The van der Waals surface area contributed by atoms with Crippen molar-refractivity contribution >= 4 is 17.5 Å². The molecular formula is C20H25N7. The van der Waals surface area contributed by atoms with Crippen LogP contribution in [-0.2, 0) is 13.6 Å². The molecule has 1 saturated heterocycles. The summed E-state index contributed by atoms with van der Waals surface area (Å²) >= 11 is 0. The second-order valence-corrected chi connectivity index (χ2v) is 6.93. The first kappa shape index (κ1) is 17.5. The lowest BCUT2D eigenvalue weighted by atomic mass is 10.0. The number of nitrogens with zero attached hydrogens (tertiary/aromatic N) is 5. The Bertz CT molecular complexity index is 854. The molecule has 4 rings (SSSR count). The van der Waals surface area contributed by atoms with Gasteiger partial charge >= 0.3 is 0 Å². The minimum Gasteiger partial charge on any atom is -0.367 e. The fraction of sp³-hybridized carbons (Fsp3) is 0.350. The molecule has 27 heavy (non-hydrogen) atoms. The molecule has 0 spiro atoms. The van der Waals surface area contributed by atoms with Gasteiger partial charge in [-0.2, -0.15) is 5.10 Å². The molecule has 1 aromatic carbocycles. The van der Waals surface area contributed by atoms with E-state index in [9.17, 15) is 0 Å². The summed E-state index contributed by atoms with van der Waals surface area (Å²) in [7, 11) is 1.89. The third-order valence-electron chi connectivity index (χ3n) is 4.93. The van der Waals surface area contributed by atoms with Gasteiger partial charge in [0, 0.05) is 44.9 Å². The third kappa shape index (κ3) is 4.62. The summed E-state index contributed by atoms with van der Waals surface area (Å²) in [6, 6.07) is 15.0. The van der Waals surface area contributed by atoms with Crippen molar-refractivity contribution in [2.75, 3.05) is 23.7 Å². The number of aromatic nitrogens is 4. The van der Waals surface area contributed by atoms with Gasteiger partial charge in [-0.25, -0.2) is 9.97 Å². The number of rotatable bonds is 6. The molecule has 0 atom stereocenters. The Labute approximate surface area is 159 Å². The van der Waals surface area contributed by atoms with Crippen LogP contribution in [0.15, 0.2) is 55.0 Å². The molecule has 2 N–H and O–H groups in total. The summed E-state index contributed by atoms with van der Waals surface area (Å²) in [5.41, 5.74) is 1.38. The molecule has 140 valence electrons. The third-order valence-corrected chi connectivity index (χ3v) is 4.93. The quantitative estimate of drug-likeness (QED) is 0.701. The summed E-state index contributed by atoms with van der Waals surface area (Å²) in [5.74, 6) is 2.52. The smallest absolute Gasteiger partial charge is 0.137 e. The molecule has 0 amide bonds. The topological polar surface area (TPSA) is 70.9 Å². The summed E-state index contributed by atoms with van der Waals surface area (Å²) in [6.07, 6.45) is 5.57. The number of benzene rings is 1. The van der Waals surface area contributed by atoms with Gasteiger partial charge in [0.15, 0.2) is 0 Å². The molecule has 0 bridgehead atoms. The number of hydrogen-bond donors (Lipinski definition) is 2. The number of aryl methyl sites for hydroxylation is 1. The van der Waals surface area contributed by atoms with Crippen molar-refractivity contribution in [1.29, 1.82) is 0 Å². The average molecular weight is 363 g/mol. The molecule has 3 aromatic rings. The number of hydrogen-bond acceptors (Lipinski definition) is 6. The van der Waals surface area contributed by atoms with Crippen molar-refractivity contribution in [2.45, 2.75) is 25.4 Å². The molecule has 0 unspecified atom stereocenters. The Balaban J connectivity index is 1.30. The van der Waals surface area contributed by atoms with E-state index in [-0.39, 0.29) is 0 Å². The fourth-order valence-electron chi connectivity index (χ4n) is 3.42. The molecular weight excluding hydrogens is 338 g/mol. The van der Waals surface area contributed by atoms with E-state index in [4.69, 9.17) is 0 Å². The molecule has 2 aromatic heterocycles. The Morgan fingerprint density at radius 3 is 2.56 bits per heavy atom. The minimum atomic E-state index is 0.441. The van der Waals surface area contributed by atoms with E-state index in [1.807, 2.05) is 19.2 Å². The van der Waals surface area contributed by atoms with Crippen LogP contribution in [0.1, 0.15) is 18.4 Å². The molecule has 7 nitrogen and oxygen atoms in total. The van der Waals surface area contributed by atoms with Gasteiger partial charge < -0.3 is 10.6 Å². The van der Waals surface area contributed by atoms with Crippen molar-refractivity contribution in [1.82, 2.24) is 24.6 Å². The molecule has 0 aliphatic carbocycles. The van der Waals surface area contributed by atoms with E-state index in [1.165, 1.54) is 5.56 Å². The van der Waals surface area contributed by atoms with E-state index in [2.05, 4.69) is 60.9 Å². The van der Waals surface area contributed by atoms with Crippen molar-refractivity contribution in [3.8, 4) is 0 Å². The normalized spacial score (nSPS) is 15.6. The maximum atomic E-state index is 4.37. The van der Waals surface area contributed by atoms with Crippen molar-refractivity contribution in [3.05, 3.63) is 60.6 Å². The first-order chi connectivity index (χ1) is 13.3. The van der Waals surface area contributed by atoms with Gasteiger partial charge in [-0.1, -0.05) is 30.3 Å². The predicted octanol–water partition coefficient (Wildman–Crippen LogP) is 3.03. The molecule has 0 saturated carbocycles. The first-order valence-corrected chi connectivity index (χ1v) is 9.36.